The smallest absolute Gasteiger partial charge is 0.0418 e. The molecule has 0 amide bonds. The first kappa shape index (κ1) is 13.2. The van der Waals surface area contributed by atoms with Crippen LogP contribution in [0.2, 0.25) is 0 Å². The standard InChI is InChI=1S/C15H19BrN2/c1-10-5-6-14(16)8-15(10)17-9-13-7-11(2)18(4)12(13)3/h5-8,17H,9H2,1-4H3. The van der Waals surface area contributed by atoms with Crippen LogP contribution in [0, 0.1) is 20.8 Å². The number of rotatable bonds is 3. The maximum Gasteiger partial charge on any atom is 0.0418 e. The van der Waals surface area contributed by atoms with Crippen molar-refractivity contribution in [1.82, 2.24) is 4.57 Å². The highest BCUT2D eigenvalue weighted by Crippen LogP contribution is 2.22. The van der Waals surface area contributed by atoms with E-state index in [2.05, 4.69) is 77.9 Å². The molecule has 0 saturated heterocycles. The highest BCUT2D eigenvalue weighted by Gasteiger charge is 2.06. The van der Waals surface area contributed by atoms with Crippen LogP contribution in [-0.2, 0) is 13.6 Å². The maximum atomic E-state index is 3.51. The zero-order chi connectivity index (χ0) is 13.3. The van der Waals surface area contributed by atoms with Crippen molar-refractivity contribution < 1.29 is 0 Å². The molecule has 1 heterocycles. The number of benzene rings is 1. The molecule has 1 aromatic carbocycles. The van der Waals surface area contributed by atoms with Crippen LogP contribution >= 0.6 is 15.9 Å². The number of aryl methyl sites for hydroxylation is 2. The third kappa shape index (κ3) is 2.61. The average Bonchev–Trinajstić information content (AvgIpc) is 2.58. The van der Waals surface area contributed by atoms with Crippen LogP contribution in [0.5, 0.6) is 0 Å². The Morgan fingerprint density at radius 2 is 1.89 bits per heavy atom. The normalized spacial score (nSPS) is 10.7. The minimum atomic E-state index is 0.866. The van der Waals surface area contributed by atoms with E-state index in [1.165, 1.54) is 28.2 Å². The van der Waals surface area contributed by atoms with E-state index >= 15 is 0 Å². The van der Waals surface area contributed by atoms with Gasteiger partial charge in [0.25, 0.3) is 0 Å². The van der Waals surface area contributed by atoms with Crippen molar-refractivity contribution >= 4 is 21.6 Å². The van der Waals surface area contributed by atoms with Crippen LogP contribution in [0.3, 0.4) is 0 Å². The van der Waals surface area contributed by atoms with E-state index < -0.39 is 0 Å². The molecule has 0 spiro atoms. The van der Waals surface area contributed by atoms with Crippen LogP contribution in [0.4, 0.5) is 5.69 Å². The minimum Gasteiger partial charge on any atom is -0.381 e. The number of anilines is 1. The van der Waals surface area contributed by atoms with Gasteiger partial charge in [0.1, 0.15) is 0 Å². The summed E-state index contributed by atoms with van der Waals surface area (Å²) in [7, 11) is 2.11. The zero-order valence-electron chi connectivity index (χ0n) is 11.3. The van der Waals surface area contributed by atoms with Crippen molar-refractivity contribution in [1.29, 1.82) is 0 Å². The van der Waals surface area contributed by atoms with Gasteiger partial charge < -0.3 is 9.88 Å². The Hall–Kier alpha value is -1.22. The first-order valence-corrected chi connectivity index (χ1v) is 6.90. The molecule has 2 rings (SSSR count). The van der Waals surface area contributed by atoms with Crippen molar-refractivity contribution in [3.05, 3.63) is 51.3 Å². The lowest BCUT2D eigenvalue weighted by atomic mass is 10.2. The Kier molecular flexibility index (Phi) is 3.81. The molecule has 0 aliphatic carbocycles. The van der Waals surface area contributed by atoms with Gasteiger partial charge in [0.15, 0.2) is 0 Å². The maximum absolute atomic E-state index is 3.51. The molecule has 0 aliphatic heterocycles. The molecule has 96 valence electrons. The summed E-state index contributed by atoms with van der Waals surface area (Å²) in [6.07, 6.45) is 0. The second-order valence-electron chi connectivity index (χ2n) is 4.77. The first-order valence-electron chi connectivity index (χ1n) is 6.11. The molecule has 18 heavy (non-hydrogen) atoms. The Morgan fingerprint density at radius 3 is 2.50 bits per heavy atom. The third-order valence-corrected chi connectivity index (χ3v) is 4.04. The van der Waals surface area contributed by atoms with Gasteiger partial charge in [-0.05, 0) is 50.1 Å². The van der Waals surface area contributed by atoms with E-state index in [1.54, 1.807) is 0 Å². The fourth-order valence-corrected chi connectivity index (χ4v) is 2.45. The molecular formula is C15H19BrN2. The summed E-state index contributed by atoms with van der Waals surface area (Å²) in [4.78, 5) is 0. The molecule has 0 radical (unpaired) electrons. The highest BCUT2D eigenvalue weighted by molar-refractivity contribution is 9.10. The molecule has 2 aromatic rings. The van der Waals surface area contributed by atoms with E-state index in [0.717, 1.165) is 11.0 Å². The topological polar surface area (TPSA) is 17.0 Å². The average molecular weight is 307 g/mol. The summed E-state index contributed by atoms with van der Waals surface area (Å²) in [5.74, 6) is 0. The van der Waals surface area contributed by atoms with E-state index in [9.17, 15) is 0 Å². The Bertz CT molecular complexity index is 570. The number of nitrogens with one attached hydrogen (secondary N) is 1. The number of hydrogen-bond acceptors (Lipinski definition) is 1. The Balaban J connectivity index is 2.16. The summed E-state index contributed by atoms with van der Waals surface area (Å²) in [5, 5.41) is 3.51. The monoisotopic (exact) mass is 306 g/mol. The summed E-state index contributed by atoms with van der Waals surface area (Å²) in [6, 6.07) is 8.56. The van der Waals surface area contributed by atoms with Gasteiger partial charge in [-0.15, -0.1) is 0 Å². The summed E-state index contributed by atoms with van der Waals surface area (Å²) in [6.45, 7) is 7.29. The third-order valence-electron chi connectivity index (χ3n) is 3.55. The molecule has 0 fully saturated rings. The highest BCUT2D eigenvalue weighted by atomic mass is 79.9. The second kappa shape index (κ2) is 5.19. The summed E-state index contributed by atoms with van der Waals surface area (Å²) < 4.78 is 3.33. The number of nitrogens with zero attached hydrogens (tertiary/aromatic N) is 1. The molecular weight excluding hydrogens is 288 g/mol. The molecule has 0 atom stereocenters. The summed E-state index contributed by atoms with van der Waals surface area (Å²) >= 11 is 3.51. The molecule has 0 unspecified atom stereocenters. The van der Waals surface area contributed by atoms with E-state index in [-0.39, 0.29) is 0 Å². The molecule has 3 heteroatoms. The van der Waals surface area contributed by atoms with Gasteiger partial charge >= 0.3 is 0 Å². The first-order chi connectivity index (χ1) is 8.49. The van der Waals surface area contributed by atoms with Crippen LogP contribution in [0.15, 0.2) is 28.7 Å². The van der Waals surface area contributed by atoms with Gasteiger partial charge in [0.2, 0.25) is 0 Å². The van der Waals surface area contributed by atoms with Gasteiger partial charge in [0.05, 0.1) is 0 Å². The van der Waals surface area contributed by atoms with Crippen molar-refractivity contribution in [2.75, 3.05) is 5.32 Å². The van der Waals surface area contributed by atoms with Crippen LogP contribution in [-0.4, -0.2) is 4.57 Å². The molecule has 0 bridgehead atoms. The number of halogens is 1. The van der Waals surface area contributed by atoms with E-state index in [4.69, 9.17) is 0 Å². The van der Waals surface area contributed by atoms with Crippen LogP contribution in [0.1, 0.15) is 22.5 Å². The lowest BCUT2D eigenvalue weighted by Gasteiger charge is -2.10. The molecule has 1 aromatic heterocycles. The fraction of sp³-hybridized carbons (Fsp3) is 0.333. The number of aromatic nitrogens is 1. The Labute approximate surface area is 117 Å². The predicted octanol–water partition coefficient (Wildman–Crippen LogP) is 4.32. The second-order valence-corrected chi connectivity index (χ2v) is 5.68. The lowest BCUT2D eigenvalue weighted by Crippen LogP contribution is -2.02. The molecule has 1 N–H and O–H groups in total. The Morgan fingerprint density at radius 1 is 1.17 bits per heavy atom. The van der Waals surface area contributed by atoms with E-state index in [0.29, 0.717) is 0 Å². The number of hydrogen-bond donors (Lipinski definition) is 1. The SMILES string of the molecule is Cc1ccc(Br)cc1NCc1cc(C)n(C)c1C. The predicted molar refractivity (Wildman–Crippen MR) is 81.1 cm³/mol. The molecule has 2 nitrogen and oxygen atoms in total. The lowest BCUT2D eigenvalue weighted by molar-refractivity contribution is 0.837. The molecule has 0 aliphatic rings. The summed E-state index contributed by atoms with van der Waals surface area (Å²) in [5.41, 5.74) is 6.44. The van der Waals surface area contributed by atoms with Crippen LogP contribution in [0.25, 0.3) is 0 Å². The van der Waals surface area contributed by atoms with Crippen molar-refractivity contribution in [2.24, 2.45) is 7.05 Å². The van der Waals surface area contributed by atoms with Crippen molar-refractivity contribution in [3.63, 3.8) is 0 Å². The largest absolute Gasteiger partial charge is 0.381 e. The van der Waals surface area contributed by atoms with Crippen molar-refractivity contribution in [2.45, 2.75) is 27.3 Å². The van der Waals surface area contributed by atoms with Gasteiger partial charge in [-0.1, -0.05) is 22.0 Å². The van der Waals surface area contributed by atoms with Gasteiger partial charge in [-0.2, -0.15) is 0 Å². The van der Waals surface area contributed by atoms with Crippen LogP contribution < -0.4 is 5.32 Å². The fourth-order valence-electron chi connectivity index (χ4n) is 2.09. The van der Waals surface area contributed by atoms with Gasteiger partial charge in [-0.25, -0.2) is 0 Å². The molecule has 0 saturated carbocycles. The quantitative estimate of drug-likeness (QED) is 0.893. The zero-order valence-corrected chi connectivity index (χ0v) is 12.9. The van der Waals surface area contributed by atoms with Crippen molar-refractivity contribution in [3.8, 4) is 0 Å². The van der Waals surface area contributed by atoms with Gasteiger partial charge in [-0.3, -0.25) is 0 Å². The van der Waals surface area contributed by atoms with Gasteiger partial charge in [0, 0.05) is 35.1 Å². The van der Waals surface area contributed by atoms with E-state index in [1.807, 2.05) is 0 Å². The minimum absolute atomic E-state index is 0.866.